The fourth-order valence-corrected chi connectivity index (χ4v) is 1.00. The van der Waals surface area contributed by atoms with E-state index in [0.717, 1.165) is 6.08 Å². The first-order chi connectivity index (χ1) is 7.01. The zero-order chi connectivity index (χ0) is 11.3. The summed E-state index contributed by atoms with van der Waals surface area (Å²) in [4.78, 5) is 3.95. The van der Waals surface area contributed by atoms with Gasteiger partial charge in [0.25, 0.3) is 0 Å². The molecular weight excluding hydrogens is 241 g/mol. The molecule has 0 aliphatic rings. The van der Waals surface area contributed by atoms with E-state index in [1.54, 1.807) is 12.1 Å². The number of nitrogens with zero attached hydrogens (tertiary/aromatic N) is 1. The van der Waals surface area contributed by atoms with Gasteiger partial charge in [0.05, 0.1) is 17.8 Å². The maximum absolute atomic E-state index is 11.9. The Morgan fingerprint density at radius 3 is 2.62 bits per heavy atom. The number of aromatic nitrogens is 1. The Hall–Kier alpha value is -0.0587. The quantitative estimate of drug-likeness (QED) is 0.527. The van der Waals surface area contributed by atoms with Crippen molar-refractivity contribution in [2.24, 2.45) is 0 Å². The third-order valence-corrected chi connectivity index (χ3v) is 1.60. The van der Waals surface area contributed by atoms with Crippen molar-refractivity contribution in [3.8, 4) is 12.3 Å². The molecule has 6 heteroatoms. The summed E-state index contributed by atoms with van der Waals surface area (Å²) in [5, 5.41) is 0. The number of halogens is 3. The van der Waals surface area contributed by atoms with Gasteiger partial charge in [-0.1, -0.05) is 12.1 Å². The second-order valence-corrected chi connectivity index (χ2v) is 2.92. The molecule has 1 aromatic rings. The van der Waals surface area contributed by atoms with Crippen molar-refractivity contribution in [3.63, 3.8) is 0 Å². The molecule has 0 amide bonds. The largest absolute Gasteiger partial charge is 1.00 e. The van der Waals surface area contributed by atoms with E-state index in [9.17, 15) is 12.9 Å². The van der Waals surface area contributed by atoms with Gasteiger partial charge in [-0.3, -0.25) is 4.98 Å². The number of terminal acetylenes is 1. The van der Waals surface area contributed by atoms with Gasteiger partial charge in [-0.2, -0.15) is 0 Å². The van der Waals surface area contributed by atoms with Crippen LogP contribution in [0.3, 0.4) is 0 Å². The third-order valence-electron chi connectivity index (χ3n) is 1.60. The van der Waals surface area contributed by atoms with Crippen molar-refractivity contribution in [1.29, 1.82) is 0 Å². The monoisotopic (exact) mass is 249 g/mol. The molecule has 0 bridgehead atoms. The molecule has 0 saturated heterocycles. The SMILES string of the molecule is C#CCc1cccc(/C=C/[B-](F)(F)F)n1.[K+]. The number of rotatable bonds is 3. The van der Waals surface area contributed by atoms with Crippen LogP contribution in [0.15, 0.2) is 24.2 Å². The van der Waals surface area contributed by atoms with Crippen LogP contribution in [-0.2, 0) is 6.42 Å². The molecule has 16 heavy (non-hydrogen) atoms. The van der Waals surface area contributed by atoms with Crippen LogP contribution >= 0.6 is 0 Å². The summed E-state index contributed by atoms with van der Waals surface area (Å²) in [6, 6.07) is 4.80. The third kappa shape index (κ3) is 6.51. The second kappa shape index (κ2) is 7.30. The Balaban J connectivity index is 0.00000225. The summed E-state index contributed by atoms with van der Waals surface area (Å²) < 4.78 is 35.7. The molecule has 0 spiro atoms. The van der Waals surface area contributed by atoms with Crippen LogP contribution in [0.5, 0.6) is 0 Å². The molecule has 0 N–H and O–H groups in total. The molecule has 0 unspecified atom stereocenters. The standard InChI is InChI=1S/C10H8BF3N.K/c1-2-4-9-5-3-6-10(15-9)7-8-11(12,13)14;/h1,3,5-8H,4H2;/q-1;+1/b8-7+;. The summed E-state index contributed by atoms with van der Waals surface area (Å²) in [6.07, 6.45) is 6.33. The molecule has 0 saturated carbocycles. The maximum atomic E-state index is 11.9. The van der Waals surface area contributed by atoms with Crippen molar-refractivity contribution in [2.75, 3.05) is 0 Å². The normalized spacial score (nSPS) is 10.9. The van der Waals surface area contributed by atoms with Gasteiger partial charge in [-0.05, 0) is 12.1 Å². The smallest absolute Gasteiger partial charge is 0.445 e. The summed E-state index contributed by atoms with van der Waals surface area (Å²) in [6.45, 7) is -4.91. The summed E-state index contributed by atoms with van der Waals surface area (Å²) in [5.74, 6) is 2.59. The van der Waals surface area contributed by atoms with E-state index in [-0.39, 0.29) is 63.1 Å². The first-order valence-electron chi connectivity index (χ1n) is 4.30. The number of pyridine rings is 1. The number of hydrogen-bond acceptors (Lipinski definition) is 1. The fraction of sp³-hybridized carbons (Fsp3) is 0.100. The second-order valence-electron chi connectivity index (χ2n) is 2.92. The van der Waals surface area contributed by atoms with E-state index in [2.05, 4.69) is 10.9 Å². The summed E-state index contributed by atoms with van der Waals surface area (Å²) in [5.41, 5.74) is 0.858. The minimum atomic E-state index is -4.91. The van der Waals surface area contributed by atoms with Crippen molar-refractivity contribution in [3.05, 3.63) is 35.6 Å². The van der Waals surface area contributed by atoms with Crippen LogP contribution < -0.4 is 51.4 Å². The molecule has 0 aliphatic carbocycles. The Kier molecular flexibility index (Phi) is 7.28. The minimum absolute atomic E-state index is 0. The van der Waals surface area contributed by atoms with Gasteiger partial charge in [0.15, 0.2) is 0 Å². The van der Waals surface area contributed by atoms with Crippen molar-refractivity contribution < 1.29 is 64.3 Å². The van der Waals surface area contributed by atoms with E-state index < -0.39 is 6.98 Å². The first-order valence-corrected chi connectivity index (χ1v) is 4.30. The Labute approximate surface area is 135 Å². The molecule has 1 rings (SSSR count). The predicted octanol–water partition coefficient (Wildman–Crippen LogP) is -0.339. The maximum Gasteiger partial charge on any atom is 1.00 e. The average molecular weight is 249 g/mol. The predicted molar refractivity (Wildman–Crippen MR) is 54.9 cm³/mol. The molecule has 1 aromatic heterocycles. The molecule has 0 atom stereocenters. The van der Waals surface area contributed by atoms with Gasteiger partial charge in [0.2, 0.25) is 0 Å². The van der Waals surface area contributed by atoms with Crippen LogP contribution in [-0.4, -0.2) is 12.0 Å². The van der Waals surface area contributed by atoms with Crippen molar-refractivity contribution in [2.45, 2.75) is 6.42 Å². The zero-order valence-corrected chi connectivity index (χ0v) is 12.0. The van der Waals surface area contributed by atoms with Crippen LogP contribution in [0.25, 0.3) is 6.08 Å². The molecule has 78 valence electrons. The van der Waals surface area contributed by atoms with E-state index in [0.29, 0.717) is 12.1 Å². The fourth-order valence-electron chi connectivity index (χ4n) is 1.00. The molecular formula is C10H8BF3KN. The zero-order valence-electron chi connectivity index (χ0n) is 8.83. The van der Waals surface area contributed by atoms with E-state index in [4.69, 9.17) is 6.42 Å². The Morgan fingerprint density at radius 1 is 1.38 bits per heavy atom. The van der Waals surface area contributed by atoms with Gasteiger partial charge in [0.1, 0.15) is 0 Å². The van der Waals surface area contributed by atoms with Gasteiger partial charge in [-0.25, -0.2) is 0 Å². The van der Waals surface area contributed by atoms with E-state index in [1.807, 2.05) is 0 Å². The van der Waals surface area contributed by atoms with Gasteiger partial charge in [0, 0.05) is 0 Å². The van der Waals surface area contributed by atoms with Crippen LogP contribution in [0.2, 0.25) is 0 Å². The summed E-state index contributed by atoms with van der Waals surface area (Å²) in [7, 11) is 0. The Morgan fingerprint density at radius 2 is 2.06 bits per heavy atom. The number of hydrogen-bond donors (Lipinski definition) is 0. The topological polar surface area (TPSA) is 12.9 Å². The Bertz CT molecular complexity index is 409. The molecule has 0 aromatic carbocycles. The van der Waals surface area contributed by atoms with Crippen LogP contribution in [0.1, 0.15) is 11.4 Å². The molecule has 0 aliphatic heterocycles. The van der Waals surface area contributed by atoms with Crippen LogP contribution in [0.4, 0.5) is 12.9 Å². The molecule has 1 nitrogen and oxygen atoms in total. The summed E-state index contributed by atoms with van der Waals surface area (Å²) >= 11 is 0. The molecule has 0 fully saturated rings. The van der Waals surface area contributed by atoms with Crippen molar-refractivity contribution in [1.82, 2.24) is 4.98 Å². The molecule has 0 radical (unpaired) electrons. The van der Waals surface area contributed by atoms with Gasteiger partial charge < -0.3 is 12.9 Å². The van der Waals surface area contributed by atoms with E-state index >= 15 is 0 Å². The van der Waals surface area contributed by atoms with E-state index in [1.165, 1.54) is 6.07 Å². The van der Waals surface area contributed by atoms with Crippen LogP contribution in [0, 0.1) is 12.3 Å². The average Bonchev–Trinajstić information content (AvgIpc) is 2.15. The molecule has 1 heterocycles. The minimum Gasteiger partial charge on any atom is -0.445 e. The first kappa shape index (κ1) is 15.9. The van der Waals surface area contributed by atoms with Crippen molar-refractivity contribution >= 4 is 13.1 Å². The van der Waals surface area contributed by atoms with Gasteiger partial charge in [-0.15, -0.1) is 18.3 Å². The van der Waals surface area contributed by atoms with Gasteiger partial charge >= 0.3 is 58.4 Å².